The van der Waals surface area contributed by atoms with E-state index in [0.717, 1.165) is 23.0 Å². The lowest BCUT2D eigenvalue weighted by molar-refractivity contribution is 0.0938. The van der Waals surface area contributed by atoms with Gasteiger partial charge in [-0.15, -0.1) is 0 Å². The lowest BCUT2D eigenvalue weighted by Crippen LogP contribution is -2.43. The molecule has 3 rings (SSSR count). The van der Waals surface area contributed by atoms with E-state index in [1.54, 1.807) is 24.1 Å². The molecule has 1 saturated heterocycles. The molecule has 26 heavy (non-hydrogen) atoms. The van der Waals surface area contributed by atoms with Gasteiger partial charge in [-0.05, 0) is 46.8 Å². The van der Waals surface area contributed by atoms with Crippen LogP contribution >= 0.6 is 15.9 Å². The summed E-state index contributed by atoms with van der Waals surface area (Å²) in [6.45, 7) is 1.99. The number of nitrogens with one attached hydrogen (secondary N) is 2. The Kier molecular flexibility index (Phi) is 5.92. The van der Waals surface area contributed by atoms with Crippen LogP contribution in [0.5, 0.6) is 0 Å². The number of likely N-dealkylation sites (tertiary alicyclic amines) is 1. The minimum atomic E-state index is -0.104. The number of aryl methyl sites for hydroxylation is 1. The van der Waals surface area contributed by atoms with Gasteiger partial charge in [0.15, 0.2) is 0 Å². The summed E-state index contributed by atoms with van der Waals surface area (Å²) in [6, 6.07) is 7.47. The normalized spacial score (nSPS) is 14.9. The number of carbonyl (C=O) groups excluding carboxylic acids is 2. The average Bonchev–Trinajstić information content (AvgIpc) is 3.08. The molecule has 1 aromatic heterocycles. The first-order valence-electron chi connectivity index (χ1n) is 8.60. The van der Waals surface area contributed by atoms with Gasteiger partial charge < -0.3 is 15.5 Å². The molecule has 1 aliphatic heterocycles. The maximum absolute atomic E-state index is 12.4. The highest BCUT2D eigenvalue weighted by Crippen LogP contribution is 2.23. The van der Waals surface area contributed by atoms with E-state index in [9.17, 15) is 9.59 Å². The second-order valence-electron chi connectivity index (χ2n) is 6.45. The van der Waals surface area contributed by atoms with E-state index in [2.05, 4.69) is 31.7 Å². The Morgan fingerprint density at radius 3 is 2.65 bits per heavy atom. The van der Waals surface area contributed by atoms with Crippen molar-refractivity contribution < 1.29 is 9.59 Å². The van der Waals surface area contributed by atoms with Crippen molar-refractivity contribution in [1.82, 2.24) is 20.0 Å². The van der Waals surface area contributed by atoms with Gasteiger partial charge in [-0.2, -0.15) is 5.10 Å². The Morgan fingerprint density at radius 2 is 2.00 bits per heavy atom. The molecule has 0 aliphatic carbocycles. The number of hydrogen-bond donors (Lipinski definition) is 2. The first-order valence-corrected chi connectivity index (χ1v) is 9.39. The summed E-state index contributed by atoms with van der Waals surface area (Å²) in [5.74, 6) is 0.273. The molecular weight excluding hydrogens is 398 g/mol. The highest BCUT2D eigenvalue weighted by atomic mass is 79.9. The summed E-state index contributed by atoms with van der Waals surface area (Å²) in [5.41, 5.74) is 1.33. The zero-order valence-electron chi connectivity index (χ0n) is 14.6. The van der Waals surface area contributed by atoms with Crippen LogP contribution in [0.4, 0.5) is 10.5 Å². The molecule has 1 fully saturated rings. The van der Waals surface area contributed by atoms with Gasteiger partial charge >= 0.3 is 6.03 Å². The second kappa shape index (κ2) is 8.35. The van der Waals surface area contributed by atoms with Crippen molar-refractivity contribution in [3.8, 4) is 0 Å². The molecule has 2 heterocycles. The monoisotopic (exact) mass is 419 g/mol. The van der Waals surface area contributed by atoms with E-state index in [1.807, 2.05) is 29.2 Å². The summed E-state index contributed by atoms with van der Waals surface area (Å²) in [5, 5.41) is 9.89. The maximum atomic E-state index is 12.4. The average molecular weight is 420 g/mol. The molecule has 2 N–H and O–H groups in total. The third-order valence-corrected chi connectivity index (χ3v) is 5.23. The van der Waals surface area contributed by atoms with Crippen LogP contribution in [0.15, 0.2) is 41.1 Å². The standard InChI is InChI=1S/C18H22BrN5O2/c1-23-12-14(11-21-23)17(25)20-10-13-6-8-24(9-7-13)18(26)22-16-5-3-2-4-15(16)19/h2-5,11-13H,6-10H2,1H3,(H,20,25)(H,22,26). The van der Waals surface area contributed by atoms with Crippen molar-refractivity contribution in [3.05, 3.63) is 46.7 Å². The summed E-state index contributed by atoms with van der Waals surface area (Å²) >= 11 is 3.43. The van der Waals surface area contributed by atoms with Gasteiger partial charge in [0.2, 0.25) is 0 Å². The molecule has 138 valence electrons. The van der Waals surface area contributed by atoms with Gasteiger partial charge in [0.1, 0.15) is 0 Å². The van der Waals surface area contributed by atoms with Gasteiger partial charge in [0, 0.05) is 37.4 Å². The number of hydrogen-bond acceptors (Lipinski definition) is 3. The molecule has 2 aromatic rings. The fourth-order valence-corrected chi connectivity index (χ4v) is 3.36. The zero-order chi connectivity index (χ0) is 18.5. The first-order chi connectivity index (χ1) is 12.5. The van der Waals surface area contributed by atoms with Crippen molar-refractivity contribution in [1.29, 1.82) is 0 Å². The Balaban J connectivity index is 1.43. The highest BCUT2D eigenvalue weighted by molar-refractivity contribution is 9.10. The predicted molar refractivity (Wildman–Crippen MR) is 103 cm³/mol. The van der Waals surface area contributed by atoms with Gasteiger partial charge in [0.25, 0.3) is 5.91 Å². The number of aromatic nitrogens is 2. The molecule has 0 bridgehead atoms. The van der Waals surface area contributed by atoms with Crippen molar-refractivity contribution in [2.24, 2.45) is 13.0 Å². The van der Waals surface area contributed by atoms with E-state index < -0.39 is 0 Å². The summed E-state index contributed by atoms with van der Waals surface area (Å²) in [4.78, 5) is 26.3. The Hall–Kier alpha value is -2.35. The van der Waals surface area contributed by atoms with E-state index in [-0.39, 0.29) is 11.9 Å². The second-order valence-corrected chi connectivity index (χ2v) is 7.31. The quantitative estimate of drug-likeness (QED) is 0.799. The summed E-state index contributed by atoms with van der Waals surface area (Å²) in [6.07, 6.45) is 5.00. The predicted octanol–water partition coefficient (Wildman–Crippen LogP) is 2.86. The molecule has 7 nitrogen and oxygen atoms in total. The third kappa shape index (κ3) is 4.63. The van der Waals surface area contributed by atoms with E-state index in [4.69, 9.17) is 0 Å². The van der Waals surface area contributed by atoms with Crippen LogP contribution in [-0.2, 0) is 7.05 Å². The molecule has 0 unspecified atom stereocenters. The van der Waals surface area contributed by atoms with Crippen molar-refractivity contribution >= 4 is 33.6 Å². The topological polar surface area (TPSA) is 79.3 Å². The van der Waals surface area contributed by atoms with Gasteiger partial charge in [-0.25, -0.2) is 4.79 Å². The van der Waals surface area contributed by atoms with Crippen molar-refractivity contribution in [3.63, 3.8) is 0 Å². The molecule has 0 spiro atoms. The summed E-state index contributed by atoms with van der Waals surface area (Å²) in [7, 11) is 1.78. The Bertz CT molecular complexity index is 783. The van der Waals surface area contributed by atoms with E-state index in [0.29, 0.717) is 31.1 Å². The number of para-hydroxylation sites is 1. The SMILES string of the molecule is Cn1cc(C(=O)NCC2CCN(C(=O)Nc3ccccc3Br)CC2)cn1. The number of halogens is 1. The van der Waals surface area contributed by atoms with Crippen LogP contribution in [0.2, 0.25) is 0 Å². The van der Waals surface area contributed by atoms with Crippen LogP contribution in [0.1, 0.15) is 23.2 Å². The number of amides is 3. The number of nitrogens with zero attached hydrogens (tertiary/aromatic N) is 3. The Morgan fingerprint density at radius 1 is 1.27 bits per heavy atom. The zero-order valence-corrected chi connectivity index (χ0v) is 16.2. The largest absolute Gasteiger partial charge is 0.352 e. The van der Waals surface area contributed by atoms with E-state index in [1.165, 1.54) is 0 Å². The molecule has 1 aromatic carbocycles. The number of rotatable bonds is 4. The Labute approximate surface area is 160 Å². The van der Waals surface area contributed by atoms with Crippen molar-refractivity contribution in [2.75, 3.05) is 25.0 Å². The maximum Gasteiger partial charge on any atom is 0.321 e. The fourth-order valence-electron chi connectivity index (χ4n) is 2.97. The highest BCUT2D eigenvalue weighted by Gasteiger charge is 2.23. The van der Waals surface area contributed by atoms with Gasteiger partial charge in [-0.1, -0.05) is 12.1 Å². The number of benzene rings is 1. The fraction of sp³-hybridized carbons (Fsp3) is 0.389. The number of carbonyl (C=O) groups is 2. The number of urea groups is 1. The molecule has 0 saturated carbocycles. The molecule has 8 heteroatoms. The number of anilines is 1. The van der Waals surface area contributed by atoms with Crippen LogP contribution in [0.3, 0.4) is 0 Å². The molecule has 3 amide bonds. The molecular formula is C18H22BrN5O2. The van der Waals surface area contributed by atoms with Crippen LogP contribution in [0.25, 0.3) is 0 Å². The minimum Gasteiger partial charge on any atom is -0.352 e. The van der Waals surface area contributed by atoms with Gasteiger partial charge in [-0.3, -0.25) is 9.48 Å². The smallest absolute Gasteiger partial charge is 0.321 e. The van der Waals surface area contributed by atoms with Gasteiger partial charge in [0.05, 0.1) is 17.4 Å². The lowest BCUT2D eigenvalue weighted by Gasteiger charge is -2.32. The third-order valence-electron chi connectivity index (χ3n) is 4.54. The lowest BCUT2D eigenvalue weighted by atomic mass is 9.97. The molecule has 1 aliphatic rings. The minimum absolute atomic E-state index is 0.0882. The summed E-state index contributed by atoms with van der Waals surface area (Å²) < 4.78 is 2.47. The van der Waals surface area contributed by atoms with Crippen LogP contribution < -0.4 is 10.6 Å². The van der Waals surface area contributed by atoms with Crippen LogP contribution in [-0.4, -0.2) is 46.3 Å². The van der Waals surface area contributed by atoms with Crippen LogP contribution in [0, 0.1) is 5.92 Å². The molecule has 0 atom stereocenters. The number of piperidine rings is 1. The van der Waals surface area contributed by atoms with Crippen molar-refractivity contribution in [2.45, 2.75) is 12.8 Å². The van der Waals surface area contributed by atoms with E-state index >= 15 is 0 Å². The molecule has 0 radical (unpaired) electrons. The first kappa shape index (κ1) is 18.4.